The number of benzene rings is 2. The second-order valence-electron chi connectivity index (χ2n) is 11.1. The molecule has 1 aliphatic rings. The molecule has 1 saturated heterocycles. The van der Waals surface area contributed by atoms with Crippen molar-refractivity contribution in [2.45, 2.75) is 101 Å². The molecule has 1 fully saturated rings. The minimum atomic E-state index is 0.769. The molecule has 1 heterocycles. The molecule has 0 amide bonds. The Morgan fingerprint density at radius 3 is 1.95 bits per heavy atom. The lowest BCUT2D eigenvalue weighted by Crippen LogP contribution is -2.12. The van der Waals surface area contributed by atoms with Crippen LogP contribution >= 0.6 is 0 Å². The maximum absolute atomic E-state index is 8.56. The summed E-state index contributed by atoms with van der Waals surface area (Å²) < 4.78 is 0. The van der Waals surface area contributed by atoms with Crippen LogP contribution in [0.3, 0.4) is 0 Å². The number of hydrogen-bond acceptors (Lipinski definition) is 2. The van der Waals surface area contributed by atoms with E-state index < -0.39 is 0 Å². The highest BCUT2D eigenvalue weighted by Gasteiger charge is 2.13. The van der Waals surface area contributed by atoms with E-state index in [0.717, 1.165) is 35.5 Å². The Hall–Kier alpha value is -2.89. The number of hydrogen-bond donors (Lipinski definition) is 0. The Balaban J connectivity index is 0. The van der Waals surface area contributed by atoms with Crippen molar-refractivity contribution in [2.24, 2.45) is 5.92 Å². The molecule has 2 aromatic rings. The lowest BCUT2D eigenvalue weighted by atomic mass is 10.0. The van der Waals surface area contributed by atoms with Gasteiger partial charge in [-0.2, -0.15) is 5.26 Å². The van der Waals surface area contributed by atoms with Crippen molar-refractivity contribution in [3.05, 3.63) is 106 Å². The summed E-state index contributed by atoms with van der Waals surface area (Å²) >= 11 is 0. The molecule has 2 heteroatoms. The summed E-state index contributed by atoms with van der Waals surface area (Å²) in [7, 11) is 2.18. The Morgan fingerprint density at radius 2 is 1.57 bits per heavy atom. The van der Waals surface area contributed by atoms with Crippen molar-refractivity contribution in [3.63, 3.8) is 0 Å². The van der Waals surface area contributed by atoms with Gasteiger partial charge >= 0.3 is 0 Å². The van der Waals surface area contributed by atoms with Crippen molar-refractivity contribution in [2.75, 3.05) is 20.1 Å². The zero-order chi connectivity index (χ0) is 31.1. The lowest BCUT2D eigenvalue weighted by molar-refractivity contribution is 0.402. The fourth-order valence-electron chi connectivity index (χ4n) is 4.12. The third-order valence-corrected chi connectivity index (χ3v) is 6.35. The third-order valence-electron chi connectivity index (χ3n) is 6.35. The van der Waals surface area contributed by atoms with Crippen LogP contribution in [0.15, 0.2) is 72.9 Å². The number of nitriles is 1. The minimum Gasteiger partial charge on any atom is -0.306 e. The highest BCUT2D eigenvalue weighted by molar-refractivity contribution is 5.38. The van der Waals surface area contributed by atoms with Gasteiger partial charge in [-0.15, -0.1) is 0 Å². The maximum atomic E-state index is 8.56. The minimum absolute atomic E-state index is 0.769. The van der Waals surface area contributed by atoms with Gasteiger partial charge in [0, 0.05) is 6.54 Å². The lowest BCUT2D eigenvalue weighted by Gasteiger charge is -2.03. The Bertz CT molecular complexity index is 1030. The quantitative estimate of drug-likeness (QED) is 0.350. The van der Waals surface area contributed by atoms with Gasteiger partial charge in [-0.1, -0.05) is 120 Å². The van der Waals surface area contributed by atoms with Crippen LogP contribution in [0.5, 0.6) is 0 Å². The first-order valence-electron chi connectivity index (χ1n) is 15.1. The SMILES string of the molecule is C=CC(=C)/C=C(/C)CCC.CC1CCN(C)C1.CCC.CCc1cc(C)ccc1C.Cc1ccc(C#N)c(C)c1. The summed E-state index contributed by atoms with van der Waals surface area (Å²) in [6, 6.07) is 14.5. The molecule has 0 aromatic heterocycles. The van der Waals surface area contributed by atoms with Gasteiger partial charge in [0.1, 0.15) is 0 Å². The Labute approximate surface area is 249 Å². The molecule has 1 unspecified atom stereocenters. The summed E-state index contributed by atoms with van der Waals surface area (Å²) in [4.78, 5) is 2.38. The van der Waals surface area contributed by atoms with Gasteiger partial charge in [0.15, 0.2) is 0 Å². The van der Waals surface area contributed by atoms with E-state index in [4.69, 9.17) is 5.26 Å². The average Bonchev–Trinajstić information content (AvgIpc) is 3.29. The van der Waals surface area contributed by atoms with Crippen LogP contribution in [0, 0.1) is 44.9 Å². The largest absolute Gasteiger partial charge is 0.306 e. The van der Waals surface area contributed by atoms with E-state index in [2.05, 4.69) is 111 Å². The Morgan fingerprint density at radius 1 is 1.00 bits per heavy atom. The van der Waals surface area contributed by atoms with Crippen molar-refractivity contribution in [1.82, 2.24) is 4.90 Å². The molecule has 1 aliphatic heterocycles. The summed E-state index contributed by atoms with van der Waals surface area (Å²) in [6.07, 6.45) is 10.0. The molecule has 0 N–H and O–H groups in total. The number of rotatable bonds is 5. The first-order chi connectivity index (χ1) is 18.9. The van der Waals surface area contributed by atoms with Gasteiger partial charge in [0.25, 0.3) is 0 Å². The summed E-state index contributed by atoms with van der Waals surface area (Å²) in [5.41, 5.74) is 9.67. The molecule has 0 saturated carbocycles. The van der Waals surface area contributed by atoms with Crippen LogP contribution in [0.1, 0.15) is 101 Å². The van der Waals surface area contributed by atoms with Gasteiger partial charge < -0.3 is 4.90 Å². The molecule has 0 bridgehead atoms. The first-order valence-corrected chi connectivity index (χ1v) is 15.1. The number of likely N-dealkylation sites (tertiary alicyclic amines) is 1. The molecule has 0 radical (unpaired) electrons. The molecule has 40 heavy (non-hydrogen) atoms. The second-order valence-corrected chi connectivity index (χ2v) is 11.1. The maximum Gasteiger partial charge on any atom is 0.0994 e. The fraction of sp³-hybridized carbons (Fsp3) is 0.500. The van der Waals surface area contributed by atoms with Crippen molar-refractivity contribution < 1.29 is 0 Å². The molecule has 2 aromatic carbocycles. The number of aryl methyl sites for hydroxylation is 5. The molecular weight excluding hydrogens is 484 g/mol. The van der Waals surface area contributed by atoms with Crippen LogP contribution in [-0.4, -0.2) is 25.0 Å². The third kappa shape index (κ3) is 20.1. The molecule has 3 rings (SSSR count). The van der Waals surface area contributed by atoms with Crippen molar-refractivity contribution in [3.8, 4) is 6.07 Å². The molecule has 222 valence electrons. The topological polar surface area (TPSA) is 27.0 Å². The van der Waals surface area contributed by atoms with E-state index in [1.54, 1.807) is 6.08 Å². The first kappa shape index (κ1) is 39.3. The van der Waals surface area contributed by atoms with Crippen LogP contribution in [0.25, 0.3) is 0 Å². The normalized spacial score (nSPS) is 13.9. The summed E-state index contributed by atoms with van der Waals surface area (Å²) in [6.45, 7) is 31.4. The number of nitrogens with zero attached hydrogens (tertiary/aromatic N) is 2. The van der Waals surface area contributed by atoms with Gasteiger partial charge in [0.05, 0.1) is 11.6 Å². The van der Waals surface area contributed by atoms with Crippen molar-refractivity contribution in [1.29, 1.82) is 5.26 Å². The zero-order valence-electron chi connectivity index (χ0n) is 28.0. The second kappa shape index (κ2) is 24.0. The van der Waals surface area contributed by atoms with Gasteiger partial charge in [-0.05, 0) is 102 Å². The van der Waals surface area contributed by atoms with E-state index in [0.29, 0.717) is 0 Å². The van der Waals surface area contributed by atoms with E-state index in [1.165, 1.54) is 60.2 Å². The highest BCUT2D eigenvalue weighted by atomic mass is 15.1. The molecule has 1 atom stereocenters. The highest BCUT2D eigenvalue weighted by Crippen LogP contribution is 2.12. The van der Waals surface area contributed by atoms with Crippen LogP contribution in [-0.2, 0) is 6.42 Å². The zero-order valence-corrected chi connectivity index (χ0v) is 28.0. The molecule has 0 spiro atoms. The number of allylic oxidation sites excluding steroid dienone is 4. The Kier molecular flexibility index (Phi) is 23.5. The van der Waals surface area contributed by atoms with Crippen molar-refractivity contribution >= 4 is 0 Å². The van der Waals surface area contributed by atoms with Gasteiger partial charge in [-0.3, -0.25) is 0 Å². The molecule has 2 nitrogen and oxygen atoms in total. The standard InChI is InChI=1S/C10H14.C10H16.C9H9N.C6H13N.C3H8/c1-4-10-7-8(2)5-6-9(10)3;1-5-7-10(4)8-9(3)6-2;1-7-3-4-9(6-10)8(2)5-7;1-6-3-4-7(2)5-6;1-3-2/h5-7H,4H2,1-3H3;6,8H,2-3,5,7H2,1,4H3;3-5H,1-2H3;6H,3-5H2,1-2H3;3H2,1-2H3/b;10-8-;;;. The van der Waals surface area contributed by atoms with Gasteiger partial charge in [-0.25, -0.2) is 0 Å². The van der Waals surface area contributed by atoms with E-state index in [9.17, 15) is 0 Å². The molecule has 0 aliphatic carbocycles. The van der Waals surface area contributed by atoms with Crippen LogP contribution in [0.2, 0.25) is 0 Å². The molecular formula is C38H60N2. The van der Waals surface area contributed by atoms with Crippen LogP contribution in [0.4, 0.5) is 0 Å². The monoisotopic (exact) mass is 544 g/mol. The summed E-state index contributed by atoms with van der Waals surface area (Å²) in [5.74, 6) is 0.949. The van der Waals surface area contributed by atoms with Crippen LogP contribution < -0.4 is 0 Å². The predicted molar refractivity (Wildman–Crippen MR) is 181 cm³/mol. The average molecular weight is 545 g/mol. The fourth-order valence-corrected chi connectivity index (χ4v) is 4.12. The van der Waals surface area contributed by atoms with E-state index >= 15 is 0 Å². The smallest absolute Gasteiger partial charge is 0.0994 e. The predicted octanol–water partition coefficient (Wildman–Crippen LogP) is 10.9. The van der Waals surface area contributed by atoms with E-state index in [1.807, 2.05) is 32.0 Å². The summed E-state index contributed by atoms with van der Waals surface area (Å²) in [5, 5.41) is 8.56. The van der Waals surface area contributed by atoms with E-state index in [-0.39, 0.29) is 0 Å². The van der Waals surface area contributed by atoms with Gasteiger partial charge in [0.2, 0.25) is 0 Å².